The zero-order chi connectivity index (χ0) is 10.8. The molecule has 0 amide bonds. The summed E-state index contributed by atoms with van der Waals surface area (Å²) in [7, 11) is 0. The largest absolute Gasteiger partial charge is 0.573 e. The van der Waals surface area contributed by atoms with Crippen LogP contribution < -0.4 is 4.74 Å². The number of carbonyl (C=O) groups excluding carboxylic acids is 1. The molecule has 1 aromatic carbocycles. The van der Waals surface area contributed by atoms with Crippen LogP contribution in [0, 0.1) is 3.57 Å². The molecule has 0 aliphatic rings. The summed E-state index contributed by atoms with van der Waals surface area (Å²) in [6.45, 7) is 0. The first kappa shape index (κ1) is 11.3. The summed E-state index contributed by atoms with van der Waals surface area (Å²) in [5.41, 5.74) is 0.333. The van der Waals surface area contributed by atoms with Gasteiger partial charge in [0, 0.05) is 9.13 Å². The van der Waals surface area contributed by atoms with E-state index in [0.717, 1.165) is 12.1 Å². The number of hydrogen-bond acceptors (Lipinski definition) is 2. The SMILES string of the molecule is O=Cc1ccc(OC(F)(F)F)cc1I. The van der Waals surface area contributed by atoms with E-state index in [1.807, 2.05) is 0 Å². The van der Waals surface area contributed by atoms with Gasteiger partial charge in [0.2, 0.25) is 0 Å². The molecule has 0 aliphatic carbocycles. The quantitative estimate of drug-likeness (QED) is 0.619. The molecule has 0 unspecified atom stereocenters. The highest BCUT2D eigenvalue weighted by Gasteiger charge is 2.31. The van der Waals surface area contributed by atoms with Gasteiger partial charge in [-0.2, -0.15) is 0 Å². The second-order valence-electron chi connectivity index (χ2n) is 2.35. The Bertz CT molecular complexity index is 349. The van der Waals surface area contributed by atoms with E-state index in [4.69, 9.17) is 0 Å². The Morgan fingerprint density at radius 2 is 2.00 bits per heavy atom. The Kier molecular flexibility index (Phi) is 3.35. The Hall–Kier alpha value is -0.790. The van der Waals surface area contributed by atoms with E-state index < -0.39 is 6.36 Å². The number of carbonyl (C=O) groups is 1. The zero-order valence-electron chi connectivity index (χ0n) is 6.64. The van der Waals surface area contributed by atoms with Crippen molar-refractivity contribution >= 4 is 28.9 Å². The maximum Gasteiger partial charge on any atom is 0.573 e. The summed E-state index contributed by atoms with van der Waals surface area (Å²) in [5.74, 6) is -0.326. The van der Waals surface area contributed by atoms with Crippen LogP contribution in [0.1, 0.15) is 10.4 Å². The predicted octanol–water partition coefficient (Wildman–Crippen LogP) is 3.00. The van der Waals surface area contributed by atoms with Crippen LogP contribution in [-0.4, -0.2) is 12.6 Å². The van der Waals surface area contributed by atoms with Crippen LogP contribution in [-0.2, 0) is 0 Å². The second kappa shape index (κ2) is 4.16. The van der Waals surface area contributed by atoms with Gasteiger partial charge >= 0.3 is 6.36 Å². The molecule has 1 rings (SSSR count). The molecule has 0 bridgehead atoms. The van der Waals surface area contributed by atoms with E-state index >= 15 is 0 Å². The summed E-state index contributed by atoms with van der Waals surface area (Å²) in [4.78, 5) is 10.4. The summed E-state index contributed by atoms with van der Waals surface area (Å²) in [6.07, 6.45) is -4.13. The van der Waals surface area contributed by atoms with Gasteiger partial charge in [0.25, 0.3) is 0 Å². The van der Waals surface area contributed by atoms with Gasteiger partial charge in [0.1, 0.15) is 5.75 Å². The van der Waals surface area contributed by atoms with E-state index in [1.165, 1.54) is 6.07 Å². The highest BCUT2D eigenvalue weighted by molar-refractivity contribution is 14.1. The minimum atomic E-state index is -4.70. The smallest absolute Gasteiger partial charge is 0.406 e. The lowest BCUT2D eigenvalue weighted by Crippen LogP contribution is -2.17. The van der Waals surface area contributed by atoms with Crippen molar-refractivity contribution < 1.29 is 22.7 Å². The molecular formula is C8H4F3IO2. The van der Waals surface area contributed by atoms with Crippen molar-refractivity contribution in [3.8, 4) is 5.75 Å². The number of hydrogen-bond donors (Lipinski definition) is 0. The van der Waals surface area contributed by atoms with Gasteiger partial charge in [-0.25, -0.2) is 0 Å². The highest BCUT2D eigenvalue weighted by atomic mass is 127. The average molecular weight is 316 g/mol. The van der Waals surface area contributed by atoms with Gasteiger partial charge in [-0.15, -0.1) is 13.2 Å². The zero-order valence-corrected chi connectivity index (χ0v) is 8.80. The first-order chi connectivity index (χ1) is 6.42. The van der Waals surface area contributed by atoms with Crippen LogP contribution in [0.4, 0.5) is 13.2 Å². The minimum Gasteiger partial charge on any atom is -0.406 e. The molecule has 0 spiro atoms. The molecule has 2 nitrogen and oxygen atoms in total. The summed E-state index contributed by atoms with van der Waals surface area (Å²) < 4.78 is 39.4. The molecule has 1 aromatic rings. The van der Waals surface area contributed by atoms with Crippen LogP contribution in [0.2, 0.25) is 0 Å². The van der Waals surface area contributed by atoms with Crippen molar-refractivity contribution in [2.45, 2.75) is 6.36 Å². The number of ether oxygens (including phenoxy) is 1. The first-order valence-corrected chi connectivity index (χ1v) is 4.51. The van der Waals surface area contributed by atoms with Gasteiger partial charge < -0.3 is 4.74 Å². The van der Waals surface area contributed by atoms with Crippen molar-refractivity contribution in [1.82, 2.24) is 0 Å². The molecule has 0 atom stereocenters. The number of benzene rings is 1. The van der Waals surface area contributed by atoms with Crippen molar-refractivity contribution in [2.24, 2.45) is 0 Å². The fourth-order valence-corrected chi connectivity index (χ4v) is 1.41. The Labute approximate surface area is 91.2 Å². The molecule has 0 fully saturated rings. The van der Waals surface area contributed by atoms with Crippen molar-refractivity contribution in [1.29, 1.82) is 0 Å². The van der Waals surface area contributed by atoms with Crippen LogP contribution >= 0.6 is 22.6 Å². The summed E-state index contributed by atoms with van der Waals surface area (Å²) in [6, 6.07) is 3.52. The van der Waals surface area contributed by atoms with Crippen LogP contribution in [0.15, 0.2) is 18.2 Å². The lowest BCUT2D eigenvalue weighted by atomic mass is 10.2. The molecule has 0 heterocycles. The van der Waals surface area contributed by atoms with Gasteiger partial charge in [0.05, 0.1) is 0 Å². The van der Waals surface area contributed by atoms with Gasteiger partial charge in [-0.1, -0.05) is 0 Å². The summed E-state index contributed by atoms with van der Waals surface area (Å²) >= 11 is 1.76. The number of aldehydes is 1. The van der Waals surface area contributed by atoms with E-state index in [9.17, 15) is 18.0 Å². The van der Waals surface area contributed by atoms with Crippen LogP contribution in [0.25, 0.3) is 0 Å². The van der Waals surface area contributed by atoms with Crippen molar-refractivity contribution in [3.63, 3.8) is 0 Å². The Morgan fingerprint density at radius 1 is 1.36 bits per heavy atom. The van der Waals surface area contributed by atoms with Gasteiger partial charge in [-0.3, -0.25) is 4.79 Å². The maximum atomic E-state index is 11.8. The Morgan fingerprint density at radius 3 is 2.43 bits per heavy atom. The molecule has 0 saturated heterocycles. The summed E-state index contributed by atoms with van der Waals surface area (Å²) in [5, 5.41) is 0. The van der Waals surface area contributed by atoms with E-state index in [2.05, 4.69) is 4.74 Å². The van der Waals surface area contributed by atoms with Crippen LogP contribution in [0.3, 0.4) is 0 Å². The third-order valence-corrected chi connectivity index (χ3v) is 2.27. The number of rotatable bonds is 2. The van der Waals surface area contributed by atoms with Crippen LogP contribution in [0.5, 0.6) is 5.75 Å². The molecule has 0 aromatic heterocycles. The first-order valence-electron chi connectivity index (χ1n) is 3.43. The van der Waals surface area contributed by atoms with Crippen molar-refractivity contribution in [3.05, 3.63) is 27.3 Å². The highest BCUT2D eigenvalue weighted by Crippen LogP contribution is 2.25. The number of alkyl halides is 3. The lowest BCUT2D eigenvalue weighted by molar-refractivity contribution is -0.274. The average Bonchev–Trinajstić information content (AvgIpc) is 2.01. The topological polar surface area (TPSA) is 26.3 Å². The monoisotopic (exact) mass is 316 g/mol. The normalized spacial score (nSPS) is 11.1. The fraction of sp³-hybridized carbons (Fsp3) is 0.125. The van der Waals surface area contributed by atoms with Gasteiger partial charge in [0.15, 0.2) is 6.29 Å². The minimum absolute atomic E-state index is 0.326. The number of halogens is 4. The molecule has 0 saturated carbocycles. The third kappa shape index (κ3) is 3.17. The molecule has 6 heteroatoms. The maximum absolute atomic E-state index is 11.8. The predicted molar refractivity (Wildman–Crippen MR) is 51.2 cm³/mol. The van der Waals surface area contributed by atoms with E-state index in [-0.39, 0.29) is 5.75 Å². The molecular weight excluding hydrogens is 312 g/mol. The van der Waals surface area contributed by atoms with Crippen molar-refractivity contribution in [2.75, 3.05) is 0 Å². The lowest BCUT2D eigenvalue weighted by Gasteiger charge is -2.09. The molecule has 0 radical (unpaired) electrons. The van der Waals surface area contributed by atoms with E-state index in [0.29, 0.717) is 15.4 Å². The standard InChI is InChI=1S/C8H4F3IO2/c9-8(10,11)14-6-2-1-5(4-13)7(12)3-6/h1-4H. The second-order valence-corrected chi connectivity index (χ2v) is 3.51. The third-order valence-electron chi connectivity index (χ3n) is 1.33. The Balaban J connectivity index is 2.92. The molecule has 76 valence electrons. The molecule has 14 heavy (non-hydrogen) atoms. The van der Waals surface area contributed by atoms with E-state index in [1.54, 1.807) is 22.6 Å². The molecule has 0 N–H and O–H groups in total. The fourth-order valence-electron chi connectivity index (χ4n) is 0.801. The van der Waals surface area contributed by atoms with Gasteiger partial charge in [-0.05, 0) is 40.8 Å². The molecule has 0 aliphatic heterocycles.